The Morgan fingerprint density at radius 2 is 0.734 bits per heavy atom. The van der Waals surface area contributed by atoms with Crippen molar-refractivity contribution < 1.29 is 57.1 Å². The van der Waals surface area contributed by atoms with E-state index in [0.29, 0.717) is 69.6 Å². The molecule has 4 unspecified atom stereocenters. The number of pyridine rings is 4. The molecule has 124 heavy (non-hydrogen) atoms. The third-order valence-electron chi connectivity index (χ3n) is 32.8. The van der Waals surface area contributed by atoms with Crippen molar-refractivity contribution in [3.8, 4) is 0 Å². The number of carbonyl (C=O) groups excluding carboxylic acids is 4. The van der Waals surface area contributed by atoms with Crippen LogP contribution in [-0.2, 0) is 57.1 Å². The first kappa shape index (κ1) is 84.0. The third-order valence-corrected chi connectivity index (χ3v) is 32.8. The molecule has 0 spiro atoms. The number of nitrogens with two attached hydrogens (primary N) is 4. The highest BCUT2D eigenvalue weighted by atomic mass is 16.5. The number of fused-ring (bicyclic) bond motifs is 14. The van der Waals surface area contributed by atoms with Gasteiger partial charge in [-0.3, -0.25) is 39.1 Å². The minimum atomic E-state index is -0.135. The summed E-state index contributed by atoms with van der Waals surface area (Å²) in [6.45, 7) is 11.6. The molecule has 6 saturated carbocycles. The van der Waals surface area contributed by atoms with Crippen molar-refractivity contribution in [2.75, 3.05) is 54.6 Å². The van der Waals surface area contributed by atoms with Crippen molar-refractivity contribution in [3.63, 3.8) is 0 Å². The smallest absolute Gasteiger partial charge is 0.166 e. The van der Waals surface area contributed by atoms with Gasteiger partial charge in [-0.15, -0.1) is 0 Å². The molecule has 4 aromatic heterocycles. The zero-order chi connectivity index (χ0) is 85.8. The van der Waals surface area contributed by atoms with Gasteiger partial charge in [0.25, 0.3) is 0 Å². The number of hydrogen-bond acceptors (Lipinski definition) is 20. The van der Waals surface area contributed by atoms with Crippen LogP contribution in [0.25, 0.3) is 21.5 Å². The minimum absolute atomic E-state index is 0.0196. The molecule has 20 heteroatoms. The molecule has 4 aliphatic heterocycles. The molecule has 20 nitrogen and oxygen atoms in total. The second-order valence-electron chi connectivity index (χ2n) is 39.2. The minimum Gasteiger partial charge on any atom is -0.489 e. The third kappa shape index (κ3) is 14.3. The molecule has 12 aliphatic carbocycles. The standard InChI is InChI=1S/C28H32N2O3.C28H30N2O3.C24H30N2O3.C24H28N2O3/c2*1-28-8-6-17-12-21-23(31)10-16(14-29)11-24(21)33-27(17)22(28)13-25(32-2)26(28)20-5-3-4-18-15-30-9-7-19(18)20;2*1-24-6-5-15-10-17-19(27)8-14(12-25)9-20(17)29-23(15)18(24)11-21(28-2)22(24)16-4-3-7-26-13-16/h3-5,7,9,12,15-16,22,25-27H,6,8,10-11,13-14,29H2,1-2H3;3-9,12,15-16,22,25-27H,10-11,13-14,29H2,1-2H3;3-4,7,10,13-14,18,21-23H,5-6,8-9,11-12,25H2,1-2H3;3-7,10,13-14,18,21-23H,8-9,11-12,25H2,1-2H3/t2*16?,22-,25+,26-,27+,28-;2*14?,18-,21+,22-,23+,24-/m0000/s1. The summed E-state index contributed by atoms with van der Waals surface area (Å²) in [5, 5.41) is 4.82. The number of methoxy groups -OCH3 is 4. The molecule has 6 fully saturated rings. The Hall–Kier alpha value is -9.48. The van der Waals surface area contributed by atoms with Gasteiger partial charge in [-0.1, -0.05) is 101 Å². The van der Waals surface area contributed by atoms with Gasteiger partial charge >= 0.3 is 0 Å². The van der Waals surface area contributed by atoms with Crippen molar-refractivity contribution in [3.05, 3.63) is 261 Å². The van der Waals surface area contributed by atoms with Crippen molar-refractivity contribution >= 4 is 44.7 Å². The molecule has 2 aromatic carbocycles. The number of aromatic nitrogens is 4. The van der Waals surface area contributed by atoms with Gasteiger partial charge in [0, 0.05) is 198 Å². The summed E-state index contributed by atoms with van der Waals surface area (Å²) in [6, 6.07) is 25.6. The molecule has 0 amide bonds. The summed E-state index contributed by atoms with van der Waals surface area (Å²) in [4.78, 5) is 68.1. The van der Waals surface area contributed by atoms with E-state index in [2.05, 4.69) is 157 Å². The fourth-order valence-electron chi connectivity index (χ4n) is 26.3. The molecule has 8 heterocycles. The largest absolute Gasteiger partial charge is 0.489 e. The average Bonchev–Trinajstić information content (AvgIpc) is 1.52. The molecule has 648 valence electrons. The molecule has 24 atom stereocenters. The van der Waals surface area contributed by atoms with Crippen LogP contribution in [0.4, 0.5) is 0 Å². The zero-order valence-electron chi connectivity index (χ0n) is 72.9. The maximum atomic E-state index is 12.8. The van der Waals surface area contributed by atoms with Crippen LogP contribution in [-0.4, -0.2) is 147 Å². The first-order valence-electron chi connectivity index (χ1n) is 45.5. The summed E-state index contributed by atoms with van der Waals surface area (Å²) in [6.07, 6.45) is 46.0. The molecule has 6 aromatic rings. The summed E-state index contributed by atoms with van der Waals surface area (Å²) in [5.74, 6) is 7.06. The fourth-order valence-corrected chi connectivity index (χ4v) is 26.3. The predicted molar refractivity (Wildman–Crippen MR) is 475 cm³/mol. The molecule has 0 bridgehead atoms. The molecular formula is C104H120N8O12. The predicted octanol–water partition coefficient (Wildman–Crippen LogP) is 15.9. The number of carbonyl (C=O) groups is 4. The van der Waals surface area contributed by atoms with Crippen LogP contribution in [0, 0.1) is 69.0 Å². The highest BCUT2D eigenvalue weighted by Crippen LogP contribution is 2.67. The lowest BCUT2D eigenvalue weighted by Gasteiger charge is -2.48. The van der Waals surface area contributed by atoms with Gasteiger partial charge in [0.2, 0.25) is 0 Å². The van der Waals surface area contributed by atoms with Crippen molar-refractivity contribution in [2.24, 2.45) is 91.9 Å². The van der Waals surface area contributed by atoms with E-state index in [1.807, 2.05) is 83.0 Å². The van der Waals surface area contributed by atoms with E-state index in [0.717, 1.165) is 139 Å². The fraction of sp³-hybridized carbons (Fsp3) is 0.500. The monoisotopic (exact) mass is 1670 g/mol. The van der Waals surface area contributed by atoms with E-state index < -0.39 is 0 Å². The number of nitrogens with zero attached hydrogens (tertiary/aromatic N) is 4. The van der Waals surface area contributed by atoms with Crippen LogP contribution in [0.15, 0.2) is 239 Å². The lowest BCUT2D eigenvalue weighted by Crippen LogP contribution is -2.44. The molecule has 8 N–H and O–H groups in total. The van der Waals surface area contributed by atoms with E-state index in [4.69, 9.17) is 60.8 Å². The Morgan fingerprint density at radius 3 is 1.15 bits per heavy atom. The van der Waals surface area contributed by atoms with Crippen molar-refractivity contribution in [1.82, 2.24) is 19.9 Å². The van der Waals surface area contributed by atoms with Crippen LogP contribution in [0.3, 0.4) is 0 Å². The van der Waals surface area contributed by atoms with Crippen molar-refractivity contribution in [1.29, 1.82) is 0 Å². The Kier molecular flexibility index (Phi) is 22.8. The van der Waals surface area contributed by atoms with E-state index >= 15 is 0 Å². The summed E-state index contributed by atoms with van der Waals surface area (Å²) in [5.41, 5.74) is 36.5. The van der Waals surface area contributed by atoms with E-state index in [1.54, 1.807) is 7.11 Å². The molecular weight excluding hydrogens is 1550 g/mol. The number of Topliss-reactive ketones (excluding diaryl/α,β-unsaturated/α-hetero) is 4. The van der Waals surface area contributed by atoms with Crippen molar-refractivity contribution in [2.45, 2.75) is 203 Å². The Bertz CT molecular complexity index is 5540. The number of ketones is 4. The molecule has 0 radical (unpaired) electrons. The number of rotatable bonds is 12. The lowest BCUT2D eigenvalue weighted by molar-refractivity contribution is -0.118. The maximum Gasteiger partial charge on any atom is 0.166 e. The Morgan fingerprint density at radius 1 is 0.379 bits per heavy atom. The lowest BCUT2D eigenvalue weighted by atomic mass is 9.60. The first-order valence-corrected chi connectivity index (χ1v) is 45.5. The van der Waals surface area contributed by atoms with Gasteiger partial charge in [0.05, 0.1) is 46.7 Å². The highest BCUT2D eigenvalue weighted by molar-refractivity contribution is 6.02. The quantitative estimate of drug-likeness (QED) is 0.0885. The zero-order valence-corrected chi connectivity index (χ0v) is 72.9. The van der Waals surface area contributed by atoms with Crippen LogP contribution < -0.4 is 22.9 Å². The second-order valence-corrected chi connectivity index (χ2v) is 39.2. The van der Waals surface area contributed by atoms with E-state index in [1.165, 1.54) is 49.6 Å². The van der Waals surface area contributed by atoms with Crippen LogP contribution in [0.2, 0.25) is 0 Å². The number of hydrogen-bond donors (Lipinski definition) is 4. The van der Waals surface area contributed by atoms with Gasteiger partial charge in [-0.05, 0) is 216 Å². The number of benzene rings is 2. The second kappa shape index (κ2) is 33.7. The van der Waals surface area contributed by atoms with Crippen LogP contribution >= 0.6 is 0 Å². The summed E-state index contributed by atoms with van der Waals surface area (Å²) < 4.78 is 50.8. The van der Waals surface area contributed by atoms with Gasteiger partial charge in [-0.25, -0.2) is 0 Å². The first-order chi connectivity index (χ1) is 60.2. The molecule has 22 rings (SSSR count). The van der Waals surface area contributed by atoms with Gasteiger partial charge in [-0.2, -0.15) is 0 Å². The SMILES string of the molecule is CO[C@@H]1C[C@H]2[C@@H]3OC4=C(C=C3C=C[C@]2(C)[C@H]1c1cccc2cnccc12)C(=O)CC(CN)C4.CO[C@@H]1C[C@H]2[C@@H]3OC4=C(C=C3C=C[C@]2(C)[C@H]1c1cccnc1)C(=O)CC(CN)C4.CO[C@@H]1C[C@H]2[C@@H]3OC4=C(C=C3CC[C@]2(C)[C@H]1c1cccc2cnccc12)C(=O)CC(CN)C4.CO[C@@H]1C[C@H]2[C@@H]3OC4=C(C=C3CC[C@]2(C)[C@H]1c1cccnc1)C(=O)CC(CN)C4. The van der Waals surface area contributed by atoms with E-state index in [-0.39, 0.29) is 147 Å². The summed E-state index contributed by atoms with van der Waals surface area (Å²) >= 11 is 0. The average molecular weight is 1670 g/mol. The van der Waals surface area contributed by atoms with Gasteiger partial charge in [0.15, 0.2) is 23.1 Å². The van der Waals surface area contributed by atoms with Gasteiger partial charge < -0.3 is 60.8 Å². The van der Waals surface area contributed by atoms with Crippen LogP contribution in [0.5, 0.6) is 0 Å². The number of allylic oxidation sites excluding steroid dienone is 14. The van der Waals surface area contributed by atoms with Crippen LogP contribution in [0.1, 0.15) is 176 Å². The highest BCUT2D eigenvalue weighted by Gasteiger charge is 2.64. The maximum absolute atomic E-state index is 12.8. The normalized spacial score (nSPS) is 36.7. The van der Waals surface area contributed by atoms with E-state index in [9.17, 15) is 19.2 Å². The Labute approximate surface area is 728 Å². The summed E-state index contributed by atoms with van der Waals surface area (Å²) in [7, 11) is 7.28. The molecule has 0 saturated heterocycles. The number of ether oxygens (including phenoxy) is 8. The Balaban J connectivity index is 0.000000109. The topological polar surface area (TPSA) is 298 Å². The molecule has 16 aliphatic rings. The van der Waals surface area contributed by atoms with Gasteiger partial charge in [0.1, 0.15) is 47.5 Å².